The molecular formula is C35H36ClF3N10O8. The third-order valence-electron chi connectivity index (χ3n) is 9.21. The Balaban J connectivity index is 1.11. The van der Waals surface area contributed by atoms with E-state index in [0.717, 1.165) is 40.0 Å². The number of piperazine rings is 1. The summed E-state index contributed by atoms with van der Waals surface area (Å²) in [6, 6.07) is 5.23. The lowest BCUT2D eigenvalue weighted by atomic mass is 10.1. The summed E-state index contributed by atoms with van der Waals surface area (Å²) in [6.45, 7) is 5.79. The average Bonchev–Trinajstić information content (AvgIpc) is 3.87. The minimum absolute atomic E-state index is 0.0130. The van der Waals surface area contributed by atoms with Crippen LogP contribution in [-0.2, 0) is 22.8 Å². The Kier molecular flexibility index (Phi) is 11.0. The first-order valence-corrected chi connectivity index (χ1v) is 17.8. The van der Waals surface area contributed by atoms with Gasteiger partial charge in [0.05, 0.1) is 39.1 Å². The van der Waals surface area contributed by atoms with E-state index in [0.29, 0.717) is 0 Å². The van der Waals surface area contributed by atoms with Gasteiger partial charge >= 0.3 is 12.3 Å². The van der Waals surface area contributed by atoms with Crippen LogP contribution in [0.3, 0.4) is 0 Å². The minimum Gasteiger partial charge on any atom is -0.444 e. The quantitative estimate of drug-likeness (QED) is 0.200. The van der Waals surface area contributed by atoms with Gasteiger partial charge in [-0.05, 0) is 51.5 Å². The van der Waals surface area contributed by atoms with Crippen LogP contribution in [0.15, 0.2) is 48.9 Å². The molecule has 2 saturated heterocycles. The third kappa shape index (κ3) is 8.53. The number of amides is 4. The first-order chi connectivity index (χ1) is 26.7. The molecule has 0 unspecified atom stereocenters. The number of anilines is 1. The van der Waals surface area contributed by atoms with Gasteiger partial charge in [-0.15, -0.1) is 0 Å². The lowest BCUT2D eigenvalue weighted by molar-refractivity contribution is -0.385. The number of carbonyl (C=O) groups is 4. The Morgan fingerprint density at radius 3 is 2.28 bits per heavy atom. The predicted octanol–water partition coefficient (Wildman–Crippen LogP) is 4.16. The molecule has 4 amide bonds. The smallest absolute Gasteiger partial charge is 0.435 e. The van der Waals surface area contributed by atoms with E-state index in [9.17, 15) is 47.6 Å². The largest absolute Gasteiger partial charge is 0.444 e. The molecule has 2 aliphatic heterocycles. The van der Waals surface area contributed by atoms with Gasteiger partial charge in [0.2, 0.25) is 5.91 Å². The van der Waals surface area contributed by atoms with E-state index in [1.165, 1.54) is 39.9 Å². The molecule has 0 radical (unpaired) electrons. The minimum atomic E-state index is -4.93. The fourth-order valence-electron chi connectivity index (χ4n) is 6.42. The topological polar surface area (TPSA) is 211 Å². The van der Waals surface area contributed by atoms with E-state index >= 15 is 0 Å². The number of hydrogen-bond donors (Lipinski definition) is 2. The molecule has 57 heavy (non-hydrogen) atoms. The number of alkyl halides is 3. The van der Waals surface area contributed by atoms with Crippen molar-refractivity contribution in [2.24, 2.45) is 7.05 Å². The number of pyridine rings is 1. The third-order valence-corrected chi connectivity index (χ3v) is 9.52. The average molecular weight is 817 g/mol. The Bertz CT molecular complexity index is 2230. The Morgan fingerprint density at radius 1 is 1.00 bits per heavy atom. The number of imidazole rings is 1. The highest BCUT2D eigenvalue weighted by molar-refractivity contribution is 6.34. The van der Waals surface area contributed by atoms with Gasteiger partial charge in [-0.1, -0.05) is 11.6 Å². The van der Waals surface area contributed by atoms with Gasteiger partial charge in [0.15, 0.2) is 17.3 Å². The number of halogens is 4. The van der Waals surface area contributed by atoms with Crippen LogP contribution in [0.5, 0.6) is 0 Å². The van der Waals surface area contributed by atoms with Crippen molar-refractivity contribution in [3.8, 4) is 17.1 Å². The van der Waals surface area contributed by atoms with Gasteiger partial charge < -0.3 is 29.5 Å². The molecule has 2 fully saturated rings. The van der Waals surface area contributed by atoms with Crippen molar-refractivity contribution in [3.63, 3.8) is 0 Å². The van der Waals surface area contributed by atoms with Crippen molar-refractivity contribution >= 4 is 46.8 Å². The SMILES string of the molecule is Cn1c(-c2cn(-c3ccc([N+](=O)[O-])cn3)nc2C(F)(F)F)cnc1C(=O)Nc1ccc(C(=O)N2CCN(C(=O)[C@@H]3[C@@H](O)CCN3C(=O)OC(C)(C)C)CC2)c(Cl)c1. The van der Waals surface area contributed by atoms with Crippen LogP contribution in [0.2, 0.25) is 5.02 Å². The number of carbonyl (C=O) groups excluding carboxylic acids is 4. The maximum Gasteiger partial charge on any atom is 0.435 e. The molecule has 0 spiro atoms. The van der Waals surface area contributed by atoms with Gasteiger partial charge in [0, 0.05) is 57.7 Å². The molecule has 2 N–H and O–H groups in total. The number of nitro groups is 1. The number of hydrogen-bond acceptors (Lipinski definition) is 11. The number of ether oxygens (including phenoxy) is 1. The van der Waals surface area contributed by atoms with Gasteiger partial charge in [0.25, 0.3) is 17.5 Å². The van der Waals surface area contributed by atoms with E-state index in [4.69, 9.17) is 16.3 Å². The highest BCUT2D eigenvalue weighted by Crippen LogP contribution is 2.37. The molecule has 6 rings (SSSR count). The molecule has 0 aliphatic carbocycles. The number of aromatic nitrogens is 5. The number of nitrogens with one attached hydrogen (secondary N) is 1. The second-order valence-electron chi connectivity index (χ2n) is 14.2. The van der Waals surface area contributed by atoms with Gasteiger partial charge in [-0.3, -0.25) is 29.4 Å². The Labute approximate surface area is 326 Å². The van der Waals surface area contributed by atoms with Crippen molar-refractivity contribution < 1.29 is 47.1 Å². The molecule has 22 heteroatoms. The standard InChI is InChI=1S/C35H36ClF3N10O8/c1-34(2,3)57-33(54)47-10-9-25(50)27(47)32(53)46-13-11-45(12-14-46)31(52)21-7-5-19(15-23(21)36)42-30(51)29-41-17-24(44(29)4)22-18-48(43-28(22)35(37,38)39)26-8-6-20(16-40-26)49(55)56/h5-8,15-18,25,27,50H,9-14H2,1-4H3,(H,42,51)/t25-,27-/m0/s1. The molecule has 5 heterocycles. The van der Waals surface area contributed by atoms with E-state index in [1.807, 2.05) is 0 Å². The monoisotopic (exact) mass is 816 g/mol. The van der Waals surface area contributed by atoms with Crippen molar-refractivity contribution in [1.82, 2.24) is 39.0 Å². The summed E-state index contributed by atoms with van der Waals surface area (Å²) in [4.78, 5) is 75.2. The molecule has 4 aromatic rings. The van der Waals surface area contributed by atoms with Crippen LogP contribution in [0, 0.1) is 10.1 Å². The fourth-order valence-corrected chi connectivity index (χ4v) is 6.68. The van der Waals surface area contributed by atoms with Gasteiger partial charge in [-0.2, -0.15) is 18.3 Å². The van der Waals surface area contributed by atoms with Crippen molar-refractivity contribution in [2.45, 2.75) is 51.1 Å². The van der Waals surface area contributed by atoms with Crippen LogP contribution >= 0.6 is 11.6 Å². The summed E-state index contributed by atoms with van der Waals surface area (Å²) >= 11 is 6.48. The summed E-state index contributed by atoms with van der Waals surface area (Å²) in [6.07, 6.45) is -3.53. The maximum absolute atomic E-state index is 14.1. The van der Waals surface area contributed by atoms with Gasteiger partial charge in [-0.25, -0.2) is 19.4 Å². The maximum atomic E-state index is 14.1. The van der Waals surface area contributed by atoms with Crippen molar-refractivity contribution in [1.29, 1.82) is 0 Å². The summed E-state index contributed by atoms with van der Waals surface area (Å²) in [7, 11) is 1.33. The van der Waals surface area contributed by atoms with Crippen LogP contribution < -0.4 is 5.32 Å². The zero-order valence-electron chi connectivity index (χ0n) is 30.9. The summed E-state index contributed by atoms with van der Waals surface area (Å²) < 4.78 is 49.6. The van der Waals surface area contributed by atoms with Gasteiger partial charge in [0.1, 0.15) is 17.8 Å². The first-order valence-electron chi connectivity index (χ1n) is 17.4. The van der Waals surface area contributed by atoms with Crippen molar-refractivity contribution in [3.05, 3.63) is 81.1 Å². The van der Waals surface area contributed by atoms with Crippen LogP contribution in [0.4, 0.5) is 29.3 Å². The summed E-state index contributed by atoms with van der Waals surface area (Å²) in [5, 5.41) is 27.7. The van der Waals surface area contributed by atoms with Crippen LogP contribution in [0.25, 0.3) is 17.1 Å². The zero-order valence-corrected chi connectivity index (χ0v) is 31.6. The molecule has 18 nitrogen and oxygen atoms in total. The van der Waals surface area contributed by atoms with E-state index in [1.54, 1.807) is 20.8 Å². The molecule has 3 aromatic heterocycles. The molecule has 2 aliphatic rings. The molecule has 302 valence electrons. The number of nitrogens with zero attached hydrogens (tertiary/aromatic N) is 9. The molecule has 0 saturated carbocycles. The lowest BCUT2D eigenvalue weighted by Crippen LogP contribution is -2.57. The predicted molar refractivity (Wildman–Crippen MR) is 194 cm³/mol. The van der Waals surface area contributed by atoms with E-state index in [-0.39, 0.29) is 78.4 Å². The molecule has 0 bridgehead atoms. The van der Waals surface area contributed by atoms with Crippen LogP contribution in [0.1, 0.15) is 53.9 Å². The van der Waals surface area contributed by atoms with E-state index in [2.05, 4.69) is 20.4 Å². The Hall–Kier alpha value is -6.09. The number of likely N-dealkylation sites (tertiary alicyclic amines) is 1. The highest BCUT2D eigenvalue weighted by Gasteiger charge is 2.45. The molecular weight excluding hydrogens is 781 g/mol. The molecule has 2 atom stereocenters. The highest BCUT2D eigenvalue weighted by atomic mass is 35.5. The number of aliphatic hydroxyl groups is 1. The fraction of sp³-hybridized carbons (Fsp3) is 0.400. The van der Waals surface area contributed by atoms with Crippen molar-refractivity contribution in [2.75, 3.05) is 38.0 Å². The van der Waals surface area contributed by atoms with E-state index < -0.39 is 63.9 Å². The Morgan fingerprint density at radius 2 is 1.68 bits per heavy atom. The number of aliphatic hydroxyl groups excluding tert-OH is 1. The summed E-state index contributed by atoms with van der Waals surface area (Å²) in [5.74, 6) is -2.11. The summed E-state index contributed by atoms with van der Waals surface area (Å²) in [5.41, 5.74) is -2.77. The number of benzene rings is 1. The number of rotatable bonds is 7. The lowest BCUT2D eigenvalue weighted by Gasteiger charge is -2.38. The zero-order chi connectivity index (χ0) is 41.6. The second-order valence-corrected chi connectivity index (χ2v) is 14.6. The first kappa shape index (κ1) is 40.6. The second kappa shape index (κ2) is 15.4. The molecule has 1 aromatic carbocycles. The van der Waals surface area contributed by atoms with Crippen LogP contribution in [-0.4, -0.2) is 123 Å². The normalized spacial score (nSPS) is 17.5.